The molecule has 0 atom stereocenters. The molecule has 0 amide bonds. The van der Waals surface area contributed by atoms with Gasteiger partial charge < -0.3 is 16.5 Å². The number of nitrogens with one attached hydrogen (secondary N) is 1. The highest BCUT2D eigenvalue weighted by Gasteiger charge is 1.86. The number of aromatic nitrogens is 2. The zero-order valence-electron chi connectivity index (χ0n) is 7.14. The third-order valence-electron chi connectivity index (χ3n) is 1.38. The summed E-state index contributed by atoms with van der Waals surface area (Å²) in [6.07, 6.45) is 6.88. The van der Waals surface area contributed by atoms with Crippen molar-refractivity contribution in [3.63, 3.8) is 0 Å². The smallest absolute Gasteiger partial charge is 0.0734 e. The predicted molar refractivity (Wildman–Crippen MR) is 53.9 cm³/mol. The molecule has 0 saturated heterocycles. The van der Waals surface area contributed by atoms with Crippen molar-refractivity contribution in [1.29, 1.82) is 0 Å². The average Bonchev–Trinajstić information content (AvgIpc) is 2.68. The van der Waals surface area contributed by atoms with Crippen LogP contribution in [0.25, 0.3) is 0 Å². The highest BCUT2D eigenvalue weighted by Crippen LogP contribution is 2.08. The molecule has 0 radical (unpaired) electrons. The summed E-state index contributed by atoms with van der Waals surface area (Å²) >= 11 is 0. The van der Waals surface area contributed by atoms with E-state index in [-0.39, 0.29) is 0 Å². The van der Waals surface area contributed by atoms with E-state index in [2.05, 4.69) is 9.97 Å². The van der Waals surface area contributed by atoms with E-state index >= 15 is 0 Å². The molecule has 0 aliphatic rings. The van der Waals surface area contributed by atoms with Crippen molar-refractivity contribution in [2.24, 2.45) is 0 Å². The molecule has 0 fully saturated rings. The minimum atomic E-state index is 0.535. The van der Waals surface area contributed by atoms with Crippen LogP contribution in [0.2, 0.25) is 0 Å². The molecule has 0 bridgehead atoms. The molecule has 0 saturated carbocycles. The number of rotatable bonds is 0. The second-order valence-corrected chi connectivity index (χ2v) is 2.39. The lowest BCUT2D eigenvalue weighted by Crippen LogP contribution is -1.93. The molecule has 2 heterocycles. The van der Waals surface area contributed by atoms with Gasteiger partial charge in [-0.15, -0.1) is 0 Å². The lowest BCUT2D eigenvalue weighted by Gasteiger charge is -1.93. The number of nitrogens with two attached hydrogens (primary N) is 2. The number of hydrogen-bond acceptors (Lipinski definition) is 3. The molecule has 68 valence electrons. The van der Waals surface area contributed by atoms with Crippen LogP contribution in [0, 0.1) is 0 Å². The second kappa shape index (κ2) is 4.82. The van der Waals surface area contributed by atoms with Crippen LogP contribution in [-0.2, 0) is 0 Å². The van der Waals surface area contributed by atoms with Crippen molar-refractivity contribution in [2.45, 2.75) is 0 Å². The largest absolute Gasteiger partial charge is 0.397 e. The molecule has 2 aromatic rings. The van der Waals surface area contributed by atoms with Crippen LogP contribution >= 0.6 is 0 Å². The summed E-state index contributed by atoms with van der Waals surface area (Å²) in [5.41, 5.74) is 11.8. The van der Waals surface area contributed by atoms with Crippen LogP contribution < -0.4 is 11.5 Å². The van der Waals surface area contributed by atoms with Crippen molar-refractivity contribution >= 4 is 11.4 Å². The summed E-state index contributed by atoms with van der Waals surface area (Å²) < 4.78 is 0. The summed E-state index contributed by atoms with van der Waals surface area (Å²) in [6.45, 7) is 0. The Hall–Kier alpha value is -1.97. The third-order valence-corrected chi connectivity index (χ3v) is 1.38. The molecular weight excluding hydrogens is 164 g/mol. The Labute approximate surface area is 76.6 Å². The van der Waals surface area contributed by atoms with Gasteiger partial charge in [0.1, 0.15) is 0 Å². The van der Waals surface area contributed by atoms with Crippen LogP contribution in [0.15, 0.2) is 43.0 Å². The minimum absolute atomic E-state index is 0.535. The van der Waals surface area contributed by atoms with Gasteiger partial charge in [-0.05, 0) is 18.2 Å². The van der Waals surface area contributed by atoms with Crippen LogP contribution in [0.1, 0.15) is 0 Å². The first-order valence-corrected chi connectivity index (χ1v) is 3.83. The number of hydrogen-bond donors (Lipinski definition) is 3. The van der Waals surface area contributed by atoms with Gasteiger partial charge in [0, 0.05) is 18.6 Å². The summed E-state index contributed by atoms with van der Waals surface area (Å²) in [4.78, 5) is 6.60. The third kappa shape index (κ3) is 3.29. The van der Waals surface area contributed by atoms with Gasteiger partial charge >= 0.3 is 0 Å². The maximum Gasteiger partial charge on any atom is 0.0734 e. The molecule has 0 spiro atoms. The topological polar surface area (TPSA) is 80.7 Å². The Morgan fingerprint density at radius 3 is 2.08 bits per heavy atom. The Balaban J connectivity index is 0.000000145. The predicted octanol–water partition coefficient (Wildman–Crippen LogP) is 1.26. The lowest BCUT2D eigenvalue weighted by molar-refractivity contribution is 1.34. The van der Waals surface area contributed by atoms with Crippen molar-refractivity contribution in [1.82, 2.24) is 9.97 Å². The molecule has 2 aromatic heterocycles. The monoisotopic (exact) mass is 176 g/mol. The number of nitrogens with zero attached hydrogens (tertiary/aromatic N) is 1. The van der Waals surface area contributed by atoms with E-state index in [9.17, 15) is 0 Å². The van der Waals surface area contributed by atoms with Crippen molar-refractivity contribution in [2.75, 3.05) is 11.5 Å². The van der Waals surface area contributed by atoms with Gasteiger partial charge in [0.05, 0.1) is 17.6 Å². The minimum Gasteiger partial charge on any atom is -0.397 e. The van der Waals surface area contributed by atoms with Crippen LogP contribution in [0.3, 0.4) is 0 Å². The number of H-pyrrole nitrogens is 1. The molecule has 0 aromatic carbocycles. The molecule has 4 heteroatoms. The van der Waals surface area contributed by atoms with Crippen molar-refractivity contribution < 1.29 is 0 Å². The molecule has 13 heavy (non-hydrogen) atoms. The van der Waals surface area contributed by atoms with Crippen LogP contribution in [0.4, 0.5) is 11.4 Å². The summed E-state index contributed by atoms with van der Waals surface area (Å²) in [5.74, 6) is 0. The van der Waals surface area contributed by atoms with E-state index < -0.39 is 0 Å². The summed E-state index contributed by atoms with van der Waals surface area (Å²) in [6, 6.07) is 5.55. The Morgan fingerprint density at radius 1 is 1.08 bits per heavy atom. The van der Waals surface area contributed by atoms with Gasteiger partial charge in [0.25, 0.3) is 0 Å². The van der Waals surface area contributed by atoms with Crippen LogP contribution in [-0.4, -0.2) is 9.97 Å². The highest BCUT2D eigenvalue weighted by molar-refractivity contribution is 5.60. The Bertz CT molecular complexity index is 291. The number of nitrogen functional groups attached to an aromatic ring is 2. The highest BCUT2D eigenvalue weighted by atomic mass is 14.7. The molecule has 0 unspecified atom stereocenters. The maximum atomic E-state index is 5.35. The first-order valence-electron chi connectivity index (χ1n) is 3.83. The van der Waals surface area contributed by atoms with E-state index in [0.717, 1.165) is 0 Å². The first kappa shape index (κ1) is 9.12. The molecule has 5 N–H and O–H groups in total. The van der Waals surface area contributed by atoms with Gasteiger partial charge in [-0.2, -0.15) is 0 Å². The van der Waals surface area contributed by atoms with E-state index in [0.29, 0.717) is 11.4 Å². The van der Waals surface area contributed by atoms with Crippen molar-refractivity contribution in [3.8, 4) is 0 Å². The Morgan fingerprint density at radius 2 is 1.77 bits per heavy atom. The molecule has 0 aliphatic heterocycles. The number of pyridine rings is 1. The van der Waals surface area contributed by atoms with Crippen LogP contribution in [0.5, 0.6) is 0 Å². The van der Waals surface area contributed by atoms with E-state index in [1.165, 1.54) is 6.20 Å². The fourth-order valence-corrected chi connectivity index (χ4v) is 0.695. The number of anilines is 2. The van der Waals surface area contributed by atoms with E-state index in [1.54, 1.807) is 12.3 Å². The lowest BCUT2D eigenvalue weighted by atomic mass is 10.4. The fourth-order valence-electron chi connectivity index (χ4n) is 0.695. The average molecular weight is 176 g/mol. The first-order chi connectivity index (χ1) is 6.30. The second-order valence-electron chi connectivity index (χ2n) is 2.39. The van der Waals surface area contributed by atoms with E-state index in [4.69, 9.17) is 11.5 Å². The number of aromatic amines is 1. The van der Waals surface area contributed by atoms with Gasteiger partial charge in [-0.3, -0.25) is 4.98 Å². The zero-order valence-corrected chi connectivity index (χ0v) is 7.14. The van der Waals surface area contributed by atoms with Crippen molar-refractivity contribution in [3.05, 3.63) is 43.0 Å². The standard InChI is InChI=1S/C5H7N3.C4H5N/c6-4-1-2-8-3-5(4)7;1-2-4-5-3-1/h1-3H,7H2,(H2,6,8);1-5H. The van der Waals surface area contributed by atoms with Gasteiger partial charge in [-0.1, -0.05) is 0 Å². The molecule has 2 rings (SSSR count). The molecule has 0 aliphatic carbocycles. The van der Waals surface area contributed by atoms with E-state index in [1.807, 2.05) is 24.5 Å². The van der Waals surface area contributed by atoms with Gasteiger partial charge in [0.2, 0.25) is 0 Å². The summed E-state index contributed by atoms with van der Waals surface area (Å²) in [7, 11) is 0. The zero-order chi connectivity index (χ0) is 9.52. The fraction of sp³-hybridized carbons (Fsp3) is 0. The SMILES string of the molecule is Nc1ccncc1N.c1cc[nH]c1. The maximum absolute atomic E-state index is 5.35. The van der Waals surface area contributed by atoms with Gasteiger partial charge in [0.15, 0.2) is 0 Å². The molecule has 4 nitrogen and oxygen atoms in total. The summed E-state index contributed by atoms with van der Waals surface area (Å²) in [5, 5.41) is 0. The Kier molecular flexibility index (Phi) is 3.38. The van der Waals surface area contributed by atoms with Gasteiger partial charge in [-0.25, -0.2) is 0 Å². The quantitative estimate of drug-likeness (QED) is 0.565. The normalized spacial score (nSPS) is 8.62. The molecular formula is C9H12N4.